The van der Waals surface area contributed by atoms with Gasteiger partial charge in [-0.1, -0.05) is 12.1 Å². The summed E-state index contributed by atoms with van der Waals surface area (Å²) in [4.78, 5) is 12.8. The molecular formula is C14H15N3O. The minimum absolute atomic E-state index is 0.471. The molecule has 0 aliphatic carbocycles. The highest BCUT2D eigenvalue weighted by molar-refractivity contribution is 5.84. The van der Waals surface area contributed by atoms with Crippen LogP contribution in [0.4, 0.5) is 5.95 Å². The van der Waals surface area contributed by atoms with E-state index in [1.54, 1.807) is 13.3 Å². The highest BCUT2D eigenvalue weighted by atomic mass is 16.5. The first kappa shape index (κ1) is 12.2. The number of hydrogen-bond acceptors (Lipinski definition) is 4. The zero-order valence-electron chi connectivity index (χ0n) is 10.7. The van der Waals surface area contributed by atoms with E-state index in [1.807, 2.05) is 44.2 Å². The van der Waals surface area contributed by atoms with E-state index in [0.717, 1.165) is 22.7 Å². The van der Waals surface area contributed by atoms with E-state index < -0.39 is 0 Å². The van der Waals surface area contributed by atoms with Gasteiger partial charge in [0.1, 0.15) is 5.75 Å². The Bertz CT molecular complexity index is 559. The van der Waals surface area contributed by atoms with E-state index in [9.17, 15) is 0 Å². The van der Waals surface area contributed by atoms with Gasteiger partial charge in [-0.15, -0.1) is 0 Å². The number of ether oxygens (including phenoxy) is 1. The van der Waals surface area contributed by atoms with E-state index in [-0.39, 0.29) is 0 Å². The highest BCUT2D eigenvalue weighted by Crippen LogP contribution is 2.16. The van der Waals surface area contributed by atoms with Crippen molar-refractivity contribution in [2.45, 2.75) is 13.8 Å². The zero-order chi connectivity index (χ0) is 13.0. The van der Waals surface area contributed by atoms with Crippen molar-refractivity contribution in [3.63, 3.8) is 0 Å². The Kier molecular flexibility index (Phi) is 3.67. The molecule has 0 atom stereocenters. The number of nitrogens with zero attached hydrogens (tertiary/aromatic N) is 3. The van der Waals surface area contributed by atoms with Gasteiger partial charge < -0.3 is 4.74 Å². The first-order valence-corrected chi connectivity index (χ1v) is 5.68. The molecule has 1 aromatic heterocycles. The Hall–Kier alpha value is -2.23. The molecular weight excluding hydrogens is 226 g/mol. The highest BCUT2D eigenvalue weighted by Gasteiger charge is 1.99. The van der Waals surface area contributed by atoms with Crippen LogP contribution in [0.3, 0.4) is 0 Å². The van der Waals surface area contributed by atoms with Crippen LogP contribution in [0.1, 0.15) is 17.0 Å². The van der Waals surface area contributed by atoms with Crippen LogP contribution in [-0.2, 0) is 0 Å². The standard InChI is InChI=1S/C14H15N3O/c1-10-8-11(2)17-14(16-10)15-9-12-6-4-5-7-13(12)18-3/h4-9H,1-3H3. The van der Waals surface area contributed by atoms with Gasteiger partial charge in [-0.05, 0) is 32.0 Å². The van der Waals surface area contributed by atoms with E-state index in [1.165, 1.54) is 0 Å². The van der Waals surface area contributed by atoms with Crippen LogP contribution < -0.4 is 4.74 Å². The maximum Gasteiger partial charge on any atom is 0.249 e. The largest absolute Gasteiger partial charge is 0.496 e. The summed E-state index contributed by atoms with van der Waals surface area (Å²) in [5.74, 6) is 1.25. The van der Waals surface area contributed by atoms with Gasteiger partial charge in [-0.25, -0.2) is 15.0 Å². The quantitative estimate of drug-likeness (QED) is 0.776. The number of aryl methyl sites for hydroxylation is 2. The smallest absolute Gasteiger partial charge is 0.249 e. The van der Waals surface area contributed by atoms with Gasteiger partial charge in [0.25, 0.3) is 0 Å². The molecule has 0 amide bonds. The second kappa shape index (κ2) is 5.40. The predicted octanol–water partition coefficient (Wildman–Crippen LogP) is 2.85. The predicted molar refractivity (Wildman–Crippen MR) is 71.8 cm³/mol. The molecule has 0 aliphatic rings. The molecule has 0 N–H and O–H groups in total. The molecule has 0 fully saturated rings. The molecule has 18 heavy (non-hydrogen) atoms. The van der Waals surface area contributed by atoms with E-state index in [2.05, 4.69) is 15.0 Å². The van der Waals surface area contributed by atoms with Crippen LogP contribution in [0.25, 0.3) is 0 Å². The van der Waals surface area contributed by atoms with E-state index >= 15 is 0 Å². The SMILES string of the molecule is COc1ccccc1C=Nc1nc(C)cc(C)n1. The average molecular weight is 241 g/mol. The number of aliphatic imine (C=N–C) groups is 1. The summed E-state index contributed by atoms with van der Waals surface area (Å²) >= 11 is 0. The molecule has 92 valence electrons. The Balaban J connectivity index is 2.30. The van der Waals surface area contributed by atoms with Crippen LogP contribution in [0.15, 0.2) is 35.3 Å². The maximum absolute atomic E-state index is 5.25. The number of aromatic nitrogens is 2. The van der Waals surface area contributed by atoms with Crippen molar-refractivity contribution in [1.82, 2.24) is 9.97 Å². The van der Waals surface area contributed by atoms with Crippen LogP contribution in [0, 0.1) is 13.8 Å². The number of para-hydroxylation sites is 1. The van der Waals surface area contributed by atoms with E-state index in [4.69, 9.17) is 4.74 Å². The molecule has 0 aliphatic heterocycles. The summed E-state index contributed by atoms with van der Waals surface area (Å²) in [6, 6.07) is 9.60. The number of benzene rings is 1. The molecule has 0 unspecified atom stereocenters. The molecule has 1 heterocycles. The van der Waals surface area contributed by atoms with Crippen molar-refractivity contribution in [3.8, 4) is 5.75 Å². The van der Waals surface area contributed by atoms with Crippen molar-refractivity contribution < 1.29 is 4.74 Å². The maximum atomic E-state index is 5.25. The fourth-order valence-corrected chi connectivity index (χ4v) is 1.67. The summed E-state index contributed by atoms with van der Waals surface area (Å²) < 4.78 is 5.25. The fourth-order valence-electron chi connectivity index (χ4n) is 1.67. The topological polar surface area (TPSA) is 47.4 Å². The molecule has 4 nitrogen and oxygen atoms in total. The van der Waals surface area contributed by atoms with Crippen molar-refractivity contribution in [1.29, 1.82) is 0 Å². The third-order valence-corrected chi connectivity index (χ3v) is 2.43. The van der Waals surface area contributed by atoms with Crippen molar-refractivity contribution in [2.24, 2.45) is 4.99 Å². The lowest BCUT2D eigenvalue weighted by Gasteiger charge is -2.02. The Labute approximate surface area is 106 Å². The van der Waals surface area contributed by atoms with Crippen molar-refractivity contribution >= 4 is 12.2 Å². The average Bonchev–Trinajstić information content (AvgIpc) is 2.35. The lowest BCUT2D eigenvalue weighted by Crippen LogP contribution is -1.92. The first-order chi connectivity index (χ1) is 8.69. The van der Waals surface area contributed by atoms with Gasteiger partial charge in [0.2, 0.25) is 5.95 Å². The Morgan fingerprint density at radius 3 is 2.44 bits per heavy atom. The summed E-state index contributed by atoms with van der Waals surface area (Å²) in [6.07, 6.45) is 1.72. The first-order valence-electron chi connectivity index (χ1n) is 5.68. The van der Waals surface area contributed by atoms with Gasteiger partial charge in [0.05, 0.1) is 7.11 Å². The number of hydrogen-bond donors (Lipinski definition) is 0. The number of methoxy groups -OCH3 is 1. The normalized spacial score (nSPS) is 10.8. The monoisotopic (exact) mass is 241 g/mol. The fraction of sp³-hybridized carbons (Fsp3) is 0.214. The molecule has 1 aromatic carbocycles. The third-order valence-electron chi connectivity index (χ3n) is 2.43. The molecule has 0 bridgehead atoms. The lowest BCUT2D eigenvalue weighted by atomic mass is 10.2. The van der Waals surface area contributed by atoms with Crippen LogP contribution in [-0.4, -0.2) is 23.3 Å². The van der Waals surface area contributed by atoms with Crippen LogP contribution >= 0.6 is 0 Å². The van der Waals surface area contributed by atoms with Gasteiger partial charge in [-0.2, -0.15) is 0 Å². The van der Waals surface area contributed by atoms with Gasteiger partial charge in [-0.3, -0.25) is 0 Å². The van der Waals surface area contributed by atoms with Crippen LogP contribution in [0.2, 0.25) is 0 Å². The molecule has 2 rings (SSSR count). The molecule has 0 saturated heterocycles. The van der Waals surface area contributed by atoms with Crippen molar-refractivity contribution in [2.75, 3.05) is 7.11 Å². The lowest BCUT2D eigenvalue weighted by molar-refractivity contribution is 0.414. The van der Waals surface area contributed by atoms with Gasteiger partial charge >= 0.3 is 0 Å². The van der Waals surface area contributed by atoms with E-state index in [0.29, 0.717) is 5.95 Å². The second-order valence-electron chi connectivity index (χ2n) is 3.95. The van der Waals surface area contributed by atoms with Gasteiger partial charge in [0, 0.05) is 23.2 Å². The summed E-state index contributed by atoms with van der Waals surface area (Å²) in [5.41, 5.74) is 2.73. The zero-order valence-corrected chi connectivity index (χ0v) is 10.7. The molecule has 0 saturated carbocycles. The summed E-state index contributed by atoms with van der Waals surface area (Å²) in [6.45, 7) is 3.85. The minimum atomic E-state index is 0.471. The summed E-state index contributed by atoms with van der Waals surface area (Å²) in [7, 11) is 1.64. The molecule has 4 heteroatoms. The number of rotatable bonds is 3. The Morgan fingerprint density at radius 2 is 1.78 bits per heavy atom. The third kappa shape index (κ3) is 2.91. The second-order valence-corrected chi connectivity index (χ2v) is 3.95. The van der Waals surface area contributed by atoms with Crippen LogP contribution in [0.5, 0.6) is 5.75 Å². The van der Waals surface area contributed by atoms with Gasteiger partial charge in [0.15, 0.2) is 0 Å². The molecule has 0 radical (unpaired) electrons. The molecule has 0 spiro atoms. The minimum Gasteiger partial charge on any atom is -0.496 e. The summed E-state index contributed by atoms with van der Waals surface area (Å²) in [5, 5.41) is 0. The Morgan fingerprint density at radius 1 is 1.11 bits per heavy atom. The molecule has 2 aromatic rings. The van der Waals surface area contributed by atoms with Crippen molar-refractivity contribution in [3.05, 3.63) is 47.3 Å².